The van der Waals surface area contributed by atoms with Crippen molar-refractivity contribution in [1.82, 2.24) is 9.88 Å². The fourth-order valence-electron chi connectivity index (χ4n) is 3.34. The van der Waals surface area contributed by atoms with Crippen LogP contribution in [0.5, 0.6) is 0 Å². The van der Waals surface area contributed by atoms with E-state index in [-0.39, 0.29) is 11.9 Å². The number of nitrogens with one attached hydrogen (secondary N) is 1. The zero-order chi connectivity index (χ0) is 17.1. The Kier molecular flexibility index (Phi) is 4.88. The molecule has 1 fully saturated rings. The molecule has 24 heavy (non-hydrogen) atoms. The van der Waals surface area contributed by atoms with Gasteiger partial charge in [-0.25, -0.2) is 4.79 Å². The van der Waals surface area contributed by atoms with Crippen LogP contribution in [0.2, 0.25) is 0 Å². The Labute approximate surface area is 142 Å². The number of benzene rings is 1. The molecule has 2 aromatic rings. The van der Waals surface area contributed by atoms with Crippen molar-refractivity contribution in [2.75, 3.05) is 0 Å². The maximum Gasteiger partial charge on any atom is 0.341 e. The number of hydrogen-bond acceptors (Lipinski definition) is 3. The monoisotopic (exact) mass is 328 g/mol. The number of aromatic nitrogens is 1. The van der Waals surface area contributed by atoms with Crippen LogP contribution in [0.15, 0.2) is 30.5 Å². The Morgan fingerprint density at radius 3 is 2.71 bits per heavy atom. The standard InChI is InChI=1S/C19H24N2O3/c1-3-21-12-16(15-10-6-7-11-17(15)21)19(23)24-13(2)18(22)20-14-8-4-5-9-14/h6-7,10-14H,3-5,8-9H2,1-2H3,(H,20,22). The normalized spacial score (nSPS) is 16.2. The highest BCUT2D eigenvalue weighted by atomic mass is 16.5. The van der Waals surface area contributed by atoms with Gasteiger partial charge in [-0.2, -0.15) is 0 Å². The second-order valence-electron chi connectivity index (χ2n) is 6.38. The zero-order valence-corrected chi connectivity index (χ0v) is 14.2. The number of fused-ring (bicyclic) bond motifs is 1. The molecule has 5 heteroatoms. The van der Waals surface area contributed by atoms with Crippen LogP contribution in [0, 0.1) is 0 Å². The average molecular weight is 328 g/mol. The van der Waals surface area contributed by atoms with Crippen LogP contribution in [0.1, 0.15) is 49.9 Å². The number of rotatable bonds is 5. The summed E-state index contributed by atoms with van der Waals surface area (Å²) < 4.78 is 7.42. The Balaban J connectivity index is 1.71. The summed E-state index contributed by atoms with van der Waals surface area (Å²) in [4.78, 5) is 24.7. The van der Waals surface area contributed by atoms with E-state index in [2.05, 4.69) is 5.32 Å². The van der Waals surface area contributed by atoms with Crippen LogP contribution in [-0.2, 0) is 16.1 Å². The van der Waals surface area contributed by atoms with Crippen LogP contribution in [-0.4, -0.2) is 28.6 Å². The highest BCUT2D eigenvalue weighted by molar-refractivity contribution is 6.05. The fourth-order valence-corrected chi connectivity index (χ4v) is 3.34. The molecule has 3 rings (SSSR count). The molecule has 0 bridgehead atoms. The lowest BCUT2D eigenvalue weighted by Gasteiger charge is -2.17. The summed E-state index contributed by atoms with van der Waals surface area (Å²) >= 11 is 0. The lowest BCUT2D eigenvalue weighted by Crippen LogP contribution is -2.40. The van der Waals surface area contributed by atoms with Gasteiger partial charge in [0.2, 0.25) is 0 Å². The second kappa shape index (κ2) is 7.07. The van der Waals surface area contributed by atoms with Crippen molar-refractivity contribution in [3.63, 3.8) is 0 Å². The van der Waals surface area contributed by atoms with Crippen molar-refractivity contribution >= 4 is 22.8 Å². The molecule has 0 radical (unpaired) electrons. The van der Waals surface area contributed by atoms with E-state index < -0.39 is 12.1 Å². The van der Waals surface area contributed by atoms with Crippen LogP contribution < -0.4 is 5.32 Å². The van der Waals surface area contributed by atoms with Gasteiger partial charge in [-0.3, -0.25) is 4.79 Å². The minimum absolute atomic E-state index is 0.213. The molecular weight excluding hydrogens is 304 g/mol. The van der Waals surface area contributed by atoms with Crippen molar-refractivity contribution in [3.05, 3.63) is 36.0 Å². The summed E-state index contributed by atoms with van der Waals surface area (Å²) in [6.07, 6.45) is 5.33. The second-order valence-corrected chi connectivity index (χ2v) is 6.38. The summed E-state index contributed by atoms with van der Waals surface area (Å²) in [6, 6.07) is 7.95. The van der Waals surface area contributed by atoms with E-state index in [0.29, 0.717) is 5.56 Å². The molecule has 1 amide bonds. The van der Waals surface area contributed by atoms with Crippen LogP contribution in [0.25, 0.3) is 10.9 Å². The number of para-hydroxylation sites is 1. The SMILES string of the molecule is CCn1cc(C(=O)OC(C)C(=O)NC2CCCC2)c2ccccc21. The zero-order valence-electron chi connectivity index (χ0n) is 14.2. The molecule has 0 saturated heterocycles. The summed E-state index contributed by atoms with van der Waals surface area (Å²) in [5.74, 6) is -0.665. The number of aryl methyl sites for hydroxylation is 1. The van der Waals surface area contributed by atoms with Gasteiger partial charge in [-0.1, -0.05) is 31.0 Å². The maximum absolute atomic E-state index is 12.5. The number of esters is 1. The van der Waals surface area contributed by atoms with Gasteiger partial charge in [0.25, 0.3) is 5.91 Å². The number of ether oxygens (including phenoxy) is 1. The van der Waals surface area contributed by atoms with Gasteiger partial charge >= 0.3 is 5.97 Å². The number of hydrogen-bond donors (Lipinski definition) is 1. The van der Waals surface area contributed by atoms with Crippen LogP contribution >= 0.6 is 0 Å². The summed E-state index contributed by atoms with van der Waals surface area (Å²) in [5, 5.41) is 3.82. The molecule has 0 aliphatic heterocycles. The molecule has 1 aliphatic rings. The van der Waals surface area contributed by atoms with Gasteiger partial charge in [0, 0.05) is 29.7 Å². The van der Waals surface area contributed by atoms with Gasteiger partial charge in [-0.05, 0) is 32.8 Å². The van der Waals surface area contributed by atoms with Crippen LogP contribution in [0.4, 0.5) is 0 Å². The van der Waals surface area contributed by atoms with E-state index >= 15 is 0 Å². The molecule has 0 spiro atoms. The van der Waals surface area contributed by atoms with Gasteiger partial charge in [0.15, 0.2) is 6.10 Å². The Morgan fingerprint density at radius 2 is 2.00 bits per heavy atom. The van der Waals surface area contributed by atoms with E-state index in [1.54, 1.807) is 13.1 Å². The third-order valence-electron chi connectivity index (χ3n) is 4.70. The minimum Gasteiger partial charge on any atom is -0.449 e. The van der Waals surface area contributed by atoms with Crippen molar-refractivity contribution in [3.8, 4) is 0 Å². The first-order valence-electron chi connectivity index (χ1n) is 8.69. The number of carbonyl (C=O) groups is 2. The Morgan fingerprint density at radius 1 is 1.29 bits per heavy atom. The third-order valence-corrected chi connectivity index (χ3v) is 4.70. The van der Waals surface area contributed by atoms with E-state index in [9.17, 15) is 9.59 Å². The summed E-state index contributed by atoms with van der Waals surface area (Å²) in [7, 11) is 0. The van der Waals surface area contributed by atoms with E-state index in [1.165, 1.54) is 0 Å². The number of nitrogens with zero attached hydrogens (tertiary/aromatic N) is 1. The van der Waals surface area contributed by atoms with Crippen molar-refractivity contribution in [2.24, 2.45) is 0 Å². The summed E-state index contributed by atoms with van der Waals surface area (Å²) in [6.45, 7) is 4.42. The Bertz CT molecular complexity index is 744. The van der Waals surface area contributed by atoms with E-state index in [4.69, 9.17) is 4.74 Å². The first-order chi connectivity index (χ1) is 11.6. The lowest BCUT2D eigenvalue weighted by molar-refractivity contribution is -0.129. The maximum atomic E-state index is 12.5. The molecule has 1 unspecified atom stereocenters. The van der Waals surface area contributed by atoms with Crippen molar-refractivity contribution in [2.45, 2.75) is 58.2 Å². The molecule has 5 nitrogen and oxygen atoms in total. The van der Waals surface area contributed by atoms with Gasteiger partial charge < -0.3 is 14.6 Å². The molecule has 128 valence electrons. The van der Waals surface area contributed by atoms with Gasteiger partial charge in [0.1, 0.15) is 0 Å². The van der Waals surface area contributed by atoms with Gasteiger partial charge in [-0.15, -0.1) is 0 Å². The Hall–Kier alpha value is -2.30. The largest absolute Gasteiger partial charge is 0.449 e. The first kappa shape index (κ1) is 16.6. The highest BCUT2D eigenvalue weighted by Gasteiger charge is 2.24. The molecule has 1 atom stereocenters. The summed E-state index contributed by atoms with van der Waals surface area (Å²) in [5.41, 5.74) is 1.50. The molecule has 1 aromatic carbocycles. The predicted molar refractivity (Wildman–Crippen MR) is 92.9 cm³/mol. The first-order valence-corrected chi connectivity index (χ1v) is 8.69. The van der Waals surface area contributed by atoms with Crippen molar-refractivity contribution < 1.29 is 14.3 Å². The molecule has 1 aliphatic carbocycles. The van der Waals surface area contributed by atoms with Gasteiger partial charge in [0.05, 0.1) is 5.56 Å². The molecule has 1 saturated carbocycles. The van der Waals surface area contributed by atoms with E-state index in [1.807, 2.05) is 35.8 Å². The smallest absolute Gasteiger partial charge is 0.341 e. The van der Waals surface area contributed by atoms with E-state index in [0.717, 1.165) is 43.1 Å². The third kappa shape index (κ3) is 3.30. The molecule has 1 N–H and O–H groups in total. The number of carbonyl (C=O) groups excluding carboxylic acids is 2. The molecule has 1 aromatic heterocycles. The van der Waals surface area contributed by atoms with Crippen molar-refractivity contribution in [1.29, 1.82) is 0 Å². The molecule has 1 heterocycles. The average Bonchev–Trinajstić information content (AvgIpc) is 3.21. The lowest BCUT2D eigenvalue weighted by atomic mass is 10.2. The molecular formula is C19H24N2O3. The quantitative estimate of drug-likeness (QED) is 0.857. The predicted octanol–water partition coefficient (Wildman–Crippen LogP) is 3.27. The van der Waals surface area contributed by atoms with Crippen LogP contribution in [0.3, 0.4) is 0 Å². The topological polar surface area (TPSA) is 60.3 Å². The number of amides is 1. The fraction of sp³-hybridized carbons (Fsp3) is 0.474. The minimum atomic E-state index is -0.790. The highest BCUT2D eigenvalue weighted by Crippen LogP contribution is 2.23.